The fourth-order valence-electron chi connectivity index (χ4n) is 3.40. The maximum Gasteiger partial charge on any atom is 0.272 e. The number of benzene rings is 1. The molecule has 2 atom stereocenters. The molecule has 1 aliphatic rings. The van der Waals surface area contributed by atoms with E-state index >= 15 is 0 Å². The zero-order chi connectivity index (χ0) is 15.8. The Bertz CT molecular complexity index is 562. The van der Waals surface area contributed by atoms with Gasteiger partial charge in [-0.3, -0.25) is 10.1 Å². The van der Waals surface area contributed by atoms with Crippen molar-refractivity contribution in [3.63, 3.8) is 0 Å². The standard InChI is InChI=1S/C15H21FN2O3/c1-14(2)5-6-15(9-17,13(14)19)8-10-7-11(16)3-4-12(10)18(20)21/h3-4,7,13,19H,5-6,8-9,17H2,1-2H3. The number of halogens is 1. The van der Waals surface area contributed by atoms with Gasteiger partial charge >= 0.3 is 0 Å². The van der Waals surface area contributed by atoms with Gasteiger partial charge in [0, 0.05) is 23.6 Å². The summed E-state index contributed by atoms with van der Waals surface area (Å²) >= 11 is 0. The topological polar surface area (TPSA) is 89.4 Å². The first kappa shape index (κ1) is 15.9. The zero-order valence-corrected chi connectivity index (χ0v) is 12.3. The van der Waals surface area contributed by atoms with E-state index in [1.807, 2.05) is 13.8 Å². The molecule has 3 N–H and O–H groups in total. The Balaban J connectivity index is 2.40. The lowest BCUT2D eigenvalue weighted by Gasteiger charge is -2.36. The normalized spacial score (nSPS) is 27.8. The Morgan fingerprint density at radius 2 is 2.14 bits per heavy atom. The lowest BCUT2D eigenvalue weighted by Crippen LogP contribution is -2.44. The summed E-state index contributed by atoms with van der Waals surface area (Å²) in [5.41, 5.74) is 5.11. The summed E-state index contributed by atoms with van der Waals surface area (Å²) in [6.45, 7) is 4.12. The van der Waals surface area contributed by atoms with Gasteiger partial charge < -0.3 is 10.8 Å². The summed E-state index contributed by atoms with van der Waals surface area (Å²) in [7, 11) is 0. The molecule has 1 saturated carbocycles. The third kappa shape index (κ3) is 2.78. The fraction of sp³-hybridized carbons (Fsp3) is 0.600. The molecule has 0 aliphatic heterocycles. The van der Waals surface area contributed by atoms with Crippen molar-refractivity contribution < 1.29 is 14.4 Å². The first-order valence-electron chi connectivity index (χ1n) is 7.03. The van der Waals surface area contributed by atoms with Gasteiger partial charge in [0.15, 0.2) is 0 Å². The van der Waals surface area contributed by atoms with Gasteiger partial charge in [0.05, 0.1) is 11.0 Å². The molecular formula is C15H21FN2O3. The van der Waals surface area contributed by atoms with E-state index in [0.717, 1.165) is 12.5 Å². The Morgan fingerprint density at radius 1 is 1.48 bits per heavy atom. The SMILES string of the molecule is CC1(C)CCC(CN)(Cc2cc(F)ccc2[N+](=O)[O-])C1O. The highest BCUT2D eigenvalue weighted by molar-refractivity contribution is 5.41. The van der Waals surface area contributed by atoms with Gasteiger partial charge in [-0.05, 0) is 36.8 Å². The number of aliphatic hydroxyl groups is 1. The van der Waals surface area contributed by atoms with Crippen molar-refractivity contribution in [2.45, 2.75) is 39.2 Å². The Labute approximate surface area is 123 Å². The van der Waals surface area contributed by atoms with E-state index in [1.165, 1.54) is 12.1 Å². The highest BCUT2D eigenvalue weighted by atomic mass is 19.1. The number of nitro groups is 1. The number of nitrogens with zero attached hydrogens (tertiary/aromatic N) is 1. The lowest BCUT2D eigenvalue weighted by atomic mass is 9.74. The molecule has 0 heterocycles. The van der Waals surface area contributed by atoms with Gasteiger partial charge in [0.25, 0.3) is 5.69 Å². The summed E-state index contributed by atoms with van der Waals surface area (Å²) < 4.78 is 13.4. The van der Waals surface area contributed by atoms with Gasteiger partial charge in [0.2, 0.25) is 0 Å². The molecule has 21 heavy (non-hydrogen) atoms. The molecule has 2 rings (SSSR count). The minimum Gasteiger partial charge on any atom is -0.392 e. The second-order valence-electron chi connectivity index (χ2n) is 6.66. The first-order chi connectivity index (χ1) is 9.72. The van der Waals surface area contributed by atoms with Crippen LogP contribution in [0.2, 0.25) is 0 Å². The number of nitro benzene ring substituents is 1. The molecule has 0 saturated heterocycles. The van der Waals surface area contributed by atoms with Crippen LogP contribution in [0.5, 0.6) is 0 Å². The minimum absolute atomic E-state index is 0.124. The predicted molar refractivity (Wildman–Crippen MR) is 77.3 cm³/mol. The molecule has 6 heteroatoms. The predicted octanol–water partition coefficient (Wildman–Crippen LogP) is 2.40. The third-order valence-electron chi connectivity index (χ3n) is 4.77. The first-order valence-corrected chi connectivity index (χ1v) is 7.03. The number of rotatable bonds is 4. The van der Waals surface area contributed by atoms with Crippen LogP contribution in [-0.4, -0.2) is 22.7 Å². The quantitative estimate of drug-likeness (QED) is 0.659. The maximum atomic E-state index is 13.4. The molecule has 1 fully saturated rings. The zero-order valence-electron chi connectivity index (χ0n) is 12.3. The largest absolute Gasteiger partial charge is 0.392 e. The van der Waals surface area contributed by atoms with Crippen LogP contribution in [0.25, 0.3) is 0 Å². The van der Waals surface area contributed by atoms with Gasteiger partial charge in [-0.25, -0.2) is 4.39 Å². The molecule has 2 unspecified atom stereocenters. The van der Waals surface area contributed by atoms with E-state index in [4.69, 9.17) is 5.73 Å². The highest BCUT2D eigenvalue weighted by Gasteiger charge is 2.51. The summed E-state index contributed by atoms with van der Waals surface area (Å²) in [6.07, 6.45) is 1.000. The Hall–Kier alpha value is -1.53. The van der Waals surface area contributed by atoms with Crippen LogP contribution in [0, 0.1) is 26.8 Å². The van der Waals surface area contributed by atoms with Crippen molar-refractivity contribution >= 4 is 5.69 Å². The molecule has 1 aromatic rings. The van der Waals surface area contributed by atoms with Crippen LogP contribution in [0.15, 0.2) is 18.2 Å². The molecule has 1 aromatic carbocycles. The summed E-state index contributed by atoms with van der Waals surface area (Å²) in [5.74, 6) is -0.519. The van der Waals surface area contributed by atoms with Gasteiger partial charge in [-0.1, -0.05) is 13.8 Å². The summed E-state index contributed by atoms with van der Waals surface area (Å²) in [4.78, 5) is 10.6. The molecule has 1 aliphatic carbocycles. The summed E-state index contributed by atoms with van der Waals surface area (Å²) in [6, 6.07) is 3.42. The molecule has 0 amide bonds. The molecule has 0 bridgehead atoms. The second kappa shape index (κ2) is 5.35. The third-order valence-corrected chi connectivity index (χ3v) is 4.77. The lowest BCUT2D eigenvalue weighted by molar-refractivity contribution is -0.385. The molecule has 0 aromatic heterocycles. The summed E-state index contributed by atoms with van der Waals surface area (Å²) in [5, 5.41) is 21.7. The van der Waals surface area contributed by atoms with Crippen LogP contribution >= 0.6 is 0 Å². The van der Waals surface area contributed by atoms with E-state index in [1.54, 1.807) is 0 Å². The Kier molecular flexibility index (Phi) is 4.04. The monoisotopic (exact) mass is 296 g/mol. The highest BCUT2D eigenvalue weighted by Crippen LogP contribution is 2.51. The average molecular weight is 296 g/mol. The van der Waals surface area contributed by atoms with Crippen LogP contribution in [0.3, 0.4) is 0 Å². The van der Waals surface area contributed by atoms with Crippen molar-refractivity contribution in [1.29, 1.82) is 0 Å². The van der Waals surface area contributed by atoms with E-state index in [-0.39, 0.29) is 24.1 Å². The van der Waals surface area contributed by atoms with E-state index in [9.17, 15) is 19.6 Å². The molecule has 0 spiro atoms. The number of aliphatic hydroxyl groups excluding tert-OH is 1. The van der Waals surface area contributed by atoms with Gasteiger partial charge in [0.1, 0.15) is 5.82 Å². The van der Waals surface area contributed by atoms with Crippen molar-refractivity contribution in [1.82, 2.24) is 0 Å². The van der Waals surface area contributed by atoms with Crippen molar-refractivity contribution in [3.8, 4) is 0 Å². The van der Waals surface area contributed by atoms with Crippen LogP contribution in [0.4, 0.5) is 10.1 Å². The van der Waals surface area contributed by atoms with Crippen LogP contribution < -0.4 is 5.73 Å². The smallest absolute Gasteiger partial charge is 0.272 e. The van der Waals surface area contributed by atoms with E-state index in [2.05, 4.69) is 0 Å². The molecular weight excluding hydrogens is 275 g/mol. The van der Waals surface area contributed by atoms with Crippen LogP contribution in [-0.2, 0) is 6.42 Å². The average Bonchev–Trinajstić information content (AvgIpc) is 2.63. The number of nitrogens with two attached hydrogens (primary N) is 1. The Morgan fingerprint density at radius 3 is 2.62 bits per heavy atom. The van der Waals surface area contributed by atoms with Crippen molar-refractivity contribution in [2.24, 2.45) is 16.6 Å². The number of hydrogen-bond acceptors (Lipinski definition) is 4. The molecule has 116 valence electrons. The fourth-order valence-corrected chi connectivity index (χ4v) is 3.40. The van der Waals surface area contributed by atoms with Crippen LogP contribution in [0.1, 0.15) is 32.3 Å². The van der Waals surface area contributed by atoms with Crippen molar-refractivity contribution in [2.75, 3.05) is 6.54 Å². The number of hydrogen-bond donors (Lipinski definition) is 2. The molecule has 5 nitrogen and oxygen atoms in total. The maximum absolute atomic E-state index is 13.4. The second-order valence-corrected chi connectivity index (χ2v) is 6.66. The minimum atomic E-state index is -0.669. The van der Waals surface area contributed by atoms with E-state index < -0.39 is 22.3 Å². The van der Waals surface area contributed by atoms with Gasteiger partial charge in [-0.2, -0.15) is 0 Å². The molecule has 0 radical (unpaired) electrons. The van der Waals surface area contributed by atoms with Crippen molar-refractivity contribution in [3.05, 3.63) is 39.7 Å². The van der Waals surface area contributed by atoms with E-state index in [0.29, 0.717) is 12.0 Å². The van der Waals surface area contributed by atoms with Gasteiger partial charge in [-0.15, -0.1) is 0 Å².